The van der Waals surface area contributed by atoms with Crippen LogP contribution in [0.3, 0.4) is 0 Å². The number of allylic oxidation sites excluding steroid dienone is 3. The summed E-state index contributed by atoms with van der Waals surface area (Å²) in [5, 5.41) is 23.9. The number of rotatable bonds is 7. The van der Waals surface area contributed by atoms with Crippen molar-refractivity contribution in [3.8, 4) is 5.75 Å². The van der Waals surface area contributed by atoms with E-state index in [0.29, 0.717) is 50.5 Å². The Balaban J connectivity index is 1.51. The normalized spacial score (nSPS) is 39.0. The van der Waals surface area contributed by atoms with E-state index >= 15 is 0 Å². The van der Waals surface area contributed by atoms with E-state index in [1.54, 1.807) is 13.8 Å². The molecule has 1 aromatic rings. The lowest BCUT2D eigenvalue weighted by atomic mass is 9.81. The number of para-hydroxylation sites is 1. The number of aliphatic hydroxyl groups is 2. The first-order chi connectivity index (χ1) is 29.0. The summed E-state index contributed by atoms with van der Waals surface area (Å²) >= 11 is 0. The van der Waals surface area contributed by atoms with Crippen molar-refractivity contribution in [3.05, 3.63) is 53.6 Å². The summed E-state index contributed by atoms with van der Waals surface area (Å²) in [6, 6.07) is 8.24. The third-order valence-corrected chi connectivity index (χ3v) is 13.7. The summed E-state index contributed by atoms with van der Waals surface area (Å²) in [4.78, 5) is 58.2. The van der Waals surface area contributed by atoms with E-state index in [1.807, 2.05) is 57.2 Å². The van der Waals surface area contributed by atoms with Gasteiger partial charge in [-0.2, -0.15) is 0 Å². The standard InChI is InChI=1S/C48H72N2O11/c1-9-34-22-28(2)21-29(3)23-41(57-7)44-42(58-8)25-31(5)48(56,61-44)45(53)46(54)50-20-14-13-17-37(50)47(55)60-43(32(6)38(51)27-39(34)52)30(4)24-33-18-19-36(49)40(26-33)59-35-15-11-10-12-16-35/h10-12,15-16,22,24,29,31-34,36-38,40-44,51,56H,9,13-14,17-21,23,25-27,49H2,1-8H3/b28-22+,30-24?. The molecule has 14 atom stereocenters. The molecule has 13 heteroatoms. The summed E-state index contributed by atoms with van der Waals surface area (Å²) in [5.41, 5.74) is 8.22. The lowest BCUT2D eigenvalue weighted by Gasteiger charge is -2.47. The van der Waals surface area contributed by atoms with Gasteiger partial charge in [-0.25, -0.2) is 4.79 Å². The molecule has 1 aliphatic carbocycles. The molecular weight excluding hydrogens is 781 g/mol. The molecule has 1 amide bonds. The lowest BCUT2D eigenvalue weighted by molar-refractivity contribution is -0.302. The summed E-state index contributed by atoms with van der Waals surface area (Å²) in [5.74, 6) is -6.72. The monoisotopic (exact) mass is 853 g/mol. The smallest absolute Gasteiger partial charge is 0.329 e. The molecule has 3 heterocycles. The molecular formula is C48H72N2O11. The number of benzene rings is 1. The Kier molecular flexibility index (Phi) is 17.3. The van der Waals surface area contributed by atoms with Gasteiger partial charge in [0.15, 0.2) is 0 Å². The van der Waals surface area contributed by atoms with Crippen molar-refractivity contribution < 1.29 is 53.1 Å². The van der Waals surface area contributed by atoms with Gasteiger partial charge in [0.1, 0.15) is 35.9 Å². The van der Waals surface area contributed by atoms with Gasteiger partial charge in [0.25, 0.3) is 11.7 Å². The topological polar surface area (TPSA) is 184 Å². The minimum Gasteiger partial charge on any atom is -0.489 e. The van der Waals surface area contributed by atoms with Gasteiger partial charge >= 0.3 is 5.97 Å². The summed E-state index contributed by atoms with van der Waals surface area (Å²) in [6.07, 6.45) is 4.83. The number of carbonyl (C=O) groups is 4. The maximum atomic E-state index is 14.5. The summed E-state index contributed by atoms with van der Waals surface area (Å²) in [6.45, 7) is 11.4. The molecule has 340 valence electrons. The Labute approximate surface area is 362 Å². The van der Waals surface area contributed by atoms with Crippen LogP contribution in [0.15, 0.2) is 53.6 Å². The maximum Gasteiger partial charge on any atom is 0.329 e. The van der Waals surface area contributed by atoms with E-state index in [-0.39, 0.29) is 55.6 Å². The molecule has 13 nitrogen and oxygen atoms in total. The molecule has 1 saturated carbocycles. The number of amides is 1. The quantitative estimate of drug-likeness (QED) is 0.169. The first kappa shape index (κ1) is 48.6. The summed E-state index contributed by atoms with van der Waals surface area (Å²) < 4.78 is 30.7. The number of piperidine rings is 1. The Morgan fingerprint density at radius 1 is 0.951 bits per heavy atom. The molecule has 2 bridgehead atoms. The highest BCUT2D eigenvalue weighted by Crippen LogP contribution is 2.39. The Morgan fingerprint density at radius 3 is 2.31 bits per heavy atom. The van der Waals surface area contributed by atoms with Gasteiger partial charge in [-0.05, 0) is 108 Å². The van der Waals surface area contributed by atoms with Crippen LogP contribution >= 0.6 is 0 Å². The van der Waals surface area contributed by atoms with Crippen LogP contribution in [0, 0.1) is 29.6 Å². The number of ether oxygens (including phenoxy) is 5. The molecule has 5 rings (SSSR count). The summed E-state index contributed by atoms with van der Waals surface area (Å²) in [7, 11) is 3.08. The first-order valence-electron chi connectivity index (χ1n) is 22.6. The predicted molar refractivity (Wildman–Crippen MR) is 230 cm³/mol. The maximum absolute atomic E-state index is 14.5. The highest BCUT2D eigenvalue weighted by atomic mass is 16.7. The average molecular weight is 853 g/mol. The fraction of sp³-hybridized carbons (Fsp3) is 0.708. The van der Waals surface area contributed by atoms with E-state index in [1.165, 1.54) is 19.1 Å². The number of fused-ring (bicyclic) bond motifs is 3. The van der Waals surface area contributed by atoms with Crippen molar-refractivity contribution in [2.75, 3.05) is 20.8 Å². The van der Waals surface area contributed by atoms with Crippen LogP contribution in [0.5, 0.6) is 5.75 Å². The number of cyclic esters (lactones) is 1. The van der Waals surface area contributed by atoms with E-state index in [4.69, 9.17) is 29.4 Å². The fourth-order valence-electron chi connectivity index (χ4n) is 9.99. The van der Waals surface area contributed by atoms with Crippen molar-refractivity contribution >= 4 is 23.4 Å². The zero-order valence-corrected chi connectivity index (χ0v) is 37.6. The SMILES string of the molecule is CCC1/C=C(\C)CC(C)CC(OC)C2OC(O)(C(=O)C(=O)N3CCCCC3C(=O)OC(C(C)=CC3CCC(N)C(Oc4ccccc4)C3)C(C)C(O)CC1=O)C(C)CC2OC. The number of nitrogens with zero attached hydrogens (tertiary/aromatic N) is 1. The van der Waals surface area contributed by atoms with Crippen molar-refractivity contribution in [3.63, 3.8) is 0 Å². The van der Waals surface area contributed by atoms with Gasteiger partial charge in [-0.3, -0.25) is 14.4 Å². The first-order valence-corrected chi connectivity index (χ1v) is 22.6. The van der Waals surface area contributed by atoms with Gasteiger partial charge in [0, 0.05) is 51.0 Å². The van der Waals surface area contributed by atoms with Crippen molar-refractivity contribution in [2.24, 2.45) is 35.3 Å². The number of carbonyl (C=O) groups excluding carboxylic acids is 4. The van der Waals surface area contributed by atoms with E-state index in [9.17, 15) is 29.4 Å². The molecule has 4 aliphatic rings. The number of nitrogens with two attached hydrogens (primary N) is 1. The Morgan fingerprint density at radius 2 is 1.64 bits per heavy atom. The predicted octanol–water partition coefficient (Wildman–Crippen LogP) is 5.87. The molecule has 0 spiro atoms. The second-order valence-corrected chi connectivity index (χ2v) is 18.4. The molecule has 14 unspecified atom stereocenters. The molecule has 4 N–H and O–H groups in total. The Hall–Kier alpha value is -3.46. The molecule has 3 aliphatic heterocycles. The molecule has 3 fully saturated rings. The average Bonchev–Trinajstić information content (AvgIpc) is 3.24. The van der Waals surface area contributed by atoms with Crippen LogP contribution < -0.4 is 10.5 Å². The van der Waals surface area contributed by atoms with Crippen LogP contribution in [0.1, 0.15) is 112 Å². The van der Waals surface area contributed by atoms with E-state index in [0.717, 1.165) is 17.7 Å². The van der Waals surface area contributed by atoms with Gasteiger partial charge < -0.3 is 44.5 Å². The third kappa shape index (κ3) is 11.8. The van der Waals surface area contributed by atoms with E-state index < -0.39 is 77.8 Å². The lowest BCUT2D eigenvalue weighted by Crippen LogP contribution is -2.64. The molecule has 61 heavy (non-hydrogen) atoms. The van der Waals surface area contributed by atoms with E-state index in [2.05, 4.69) is 13.0 Å². The van der Waals surface area contributed by atoms with Gasteiger partial charge in [-0.15, -0.1) is 0 Å². The second kappa shape index (κ2) is 21.8. The van der Waals surface area contributed by atoms with Crippen LogP contribution in [-0.2, 0) is 38.1 Å². The van der Waals surface area contributed by atoms with Crippen molar-refractivity contribution in [1.29, 1.82) is 0 Å². The highest BCUT2D eigenvalue weighted by molar-refractivity contribution is 6.39. The zero-order valence-electron chi connectivity index (χ0n) is 37.6. The van der Waals surface area contributed by atoms with Crippen LogP contribution in [0.4, 0.5) is 0 Å². The minimum atomic E-state index is -2.50. The highest BCUT2D eigenvalue weighted by Gasteiger charge is 2.56. The van der Waals surface area contributed by atoms with Gasteiger partial charge in [0.05, 0.1) is 18.3 Å². The molecule has 0 aromatic heterocycles. The number of esters is 1. The Bertz CT molecular complexity index is 1720. The largest absolute Gasteiger partial charge is 0.489 e. The minimum absolute atomic E-state index is 0.0196. The second-order valence-electron chi connectivity index (χ2n) is 18.4. The zero-order chi connectivity index (χ0) is 44.6. The van der Waals surface area contributed by atoms with Crippen molar-refractivity contribution in [2.45, 2.75) is 167 Å². The van der Waals surface area contributed by atoms with Crippen molar-refractivity contribution in [1.82, 2.24) is 4.90 Å². The van der Waals surface area contributed by atoms with Crippen LogP contribution in [-0.4, -0.2) is 114 Å². The van der Waals surface area contributed by atoms with Gasteiger partial charge in [0.2, 0.25) is 5.79 Å². The molecule has 2 saturated heterocycles. The third-order valence-electron chi connectivity index (χ3n) is 13.7. The van der Waals surface area contributed by atoms with Crippen LogP contribution in [0.25, 0.3) is 0 Å². The number of hydrogen-bond acceptors (Lipinski definition) is 12. The van der Waals surface area contributed by atoms with Crippen LogP contribution in [0.2, 0.25) is 0 Å². The fourth-order valence-corrected chi connectivity index (χ4v) is 9.99. The molecule has 0 radical (unpaired) electrons. The number of hydrogen-bond donors (Lipinski definition) is 3. The number of Topliss-reactive ketones (excluding diaryl/α,β-unsaturated/α-hetero) is 2. The number of ketones is 2. The number of aliphatic hydroxyl groups excluding tert-OH is 1. The molecule has 1 aromatic carbocycles. The number of methoxy groups -OCH3 is 2. The van der Waals surface area contributed by atoms with Gasteiger partial charge in [-0.1, -0.05) is 63.6 Å².